The first kappa shape index (κ1) is 42.1. The lowest BCUT2D eigenvalue weighted by molar-refractivity contribution is -0.126. The van der Waals surface area contributed by atoms with Gasteiger partial charge in [0.2, 0.25) is 11.7 Å². The monoisotopic (exact) mass is 881 g/mol. The summed E-state index contributed by atoms with van der Waals surface area (Å²) in [4.78, 5) is 55.5. The lowest BCUT2D eigenvalue weighted by Gasteiger charge is -2.37. The van der Waals surface area contributed by atoms with E-state index in [9.17, 15) is 27.2 Å². The average molecular weight is 882 g/mol. The van der Waals surface area contributed by atoms with Gasteiger partial charge in [0.1, 0.15) is 23.7 Å². The molecule has 2 amide bonds. The van der Waals surface area contributed by atoms with Crippen molar-refractivity contribution in [2.75, 3.05) is 73.9 Å². The van der Waals surface area contributed by atoms with Gasteiger partial charge >= 0.3 is 10.2 Å². The number of piperazine rings is 1. The molecule has 3 fully saturated rings. The topological polar surface area (TPSA) is 154 Å². The van der Waals surface area contributed by atoms with Crippen LogP contribution in [0, 0.1) is 11.6 Å². The molecule has 1 unspecified atom stereocenters. The second kappa shape index (κ2) is 16.8. The van der Waals surface area contributed by atoms with Crippen molar-refractivity contribution in [3.05, 3.63) is 119 Å². The summed E-state index contributed by atoms with van der Waals surface area (Å²) in [5, 5.41) is 3.11. The maximum Gasteiger partial charge on any atom is 0.301 e. The SMILES string of the molecule is C=C1CCC(N2Cc3cc(N4CCN(CCN(C)c5ccc(-c6cnc7[nH]cc(C(=O)c8c(F)ccc(NS(=O)(=O)N9CC[C@@H](F)C9)c8F)c7c6)cc5)CC4)ccc3C2=O)C(=O)N1. The number of aromatic amines is 1. The minimum atomic E-state index is -4.36. The molecule has 0 bridgehead atoms. The fraction of sp³-hybridized carbons (Fsp3) is 0.333. The highest BCUT2D eigenvalue weighted by Crippen LogP contribution is 2.33. The smallest absolute Gasteiger partial charge is 0.301 e. The molecule has 0 spiro atoms. The molecule has 4 aliphatic heterocycles. The summed E-state index contributed by atoms with van der Waals surface area (Å²) in [5.41, 5.74) is 4.53. The largest absolute Gasteiger partial charge is 0.373 e. The van der Waals surface area contributed by atoms with Gasteiger partial charge in [0.15, 0.2) is 5.82 Å². The Morgan fingerprint density at radius 1 is 0.984 bits per heavy atom. The van der Waals surface area contributed by atoms with E-state index in [2.05, 4.69) is 42.6 Å². The van der Waals surface area contributed by atoms with Crippen molar-refractivity contribution >= 4 is 55.9 Å². The van der Waals surface area contributed by atoms with Crippen LogP contribution in [0.3, 0.4) is 0 Å². The number of halogens is 3. The number of ketones is 1. The first-order chi connectivity index (χ1) is 30.2. The molecule has 6 heterocycles. The van der Waals surface area contributed by atoms with Crippen molar-refractivity contribution < 1.29 is 36.0 Å². The minimum Gasteiger partial charge on any atom is -0.373 e. The molecule has 0 saturated carbocycles. The van der Waals surface area contributed by atoms with Crippen molar-refractivity contribution in [1.82, 2.24) is 29.4 Å². The molecule has 4 aliphatic rings. The van der Waals surface area contributed by atoms with E-state index in [0.717, 1.165) is 78.2 Å². The number of carbonyl (C=O) groups excluding carboxylic acids is 3. The fourth-order valence-corrected chi connectivity index (χ4v) is 10.1. The van der Waals surface area contributed by atoms with Gasteiger partial charge in [-0.2, -0.15) is 12.7 Å². The van der Waals surface area contributed by atoms with Gasteiger partial charge in [-0.05, 0) is 78.9 Å². The number of aromatic nitrogens is 2. The molecular weight excluding hydrogens is 836 g/mol. The molecule has 5 aromatic rings. The number of carbonyl (C=O) groups is 3. The summed E-state index contributed by atoms with van der Waals surface area (Å²) in [5.74, 6) is -3.84. The Labute approximate surface area is 362 Å². The predicted octanol–water partition coefficient (Wildman–Crippen LogP) is 5.45. The van der Waals surface area contributed by atoms with Crippen LogP contribution in [0.25, 0.3) is 22.2 Å². The van der Waals surface area contributed by atoms with E-state index < -0.39 is 51.1 Å². The van der Waals surface area contributed by atoms with Crippen LogP contribution in [-0.4, -0.2) is 122 Å². The van der Waals surface area contributed by atoms with E-state index in [-0.39, 0.29) is 36.9 Å². The second-order valence-electron chi connectivity index (χ2n) is 16.5. The zero-order valence-electron chi connectivity index (χ0n) is 34.5. The van der Waals surface area contributed by atoms with E-state index in [4.69, 9.17) is 0 Å². The van der Waals surface area contributed by atoms with Gasteiger partial charge in [0.25, 0.3) is 5.91 Å². The molecule has 3 aromatic carbocycles. The number of likely N-dealkylation sites (N-methyl/N-ethyl adjacent to an activating group) is 1. The van der Waals surface area contributed by atoms with Crippen molar-refractivity contribution in [2.24, 2.45) is 0 Å². The van der Waals surface area contributed by atoms with Gasteiger partial charge < -0.3 is 25.0 Å². The molecule has 2 atom stereocenters. The van der Waals surface area contributed by atoms with E-state index >= 15 is 8.78 Å². The number of pyridine rings is 1. The van der Waals surface area contributed by atoms with Crippen molar-refractivity contribution in [1.29, 1.82) is 0 Å². The number of fused-ring (bicyclic) bond motifs is 2. The molecule has 3 N–H and O–H groups in total. The summed E-state index contributed by atoms with van der Waals surface area (Å²) in [7, 11) is -2.33. The van der Waals surface area contributed by atoms with Crippen LogP contribution in [0.5, 0.6) is 0 Å². The number of anilines is 3. The normalized spacial score (nSPS) is 19.8. The number of H-pyrrole nitrogens is 1. The first-order valence-electron chi connectivity index (χ1n) is 20.9. The number of nitrogens with zero attached hydrogens (tertiary/aromatic N) is 6. The quantitative estimate of drug-likeness (QED) is 0.139. The standard InChI is InChI=1S/C45H46F3N9O5S/c1-27-3-12-39(44(59)51-27)57-25-30-21-33(8-9-34(30)45(57)60)55-19-17-54(18-20-55)16-15-53(2)32-6-4-28(5-7-32)29-22-35-36(24-50-43(35)49-23-29)42(58)40-37(47)10-11-38(41(40)48)52-63(61,62)56-14-13-31(46)26-56/h4-11,21-24,31,39,52H,1,3,12-20,25-26H2,2H3,(H,49,50)(H,51,59)/t31-,39?/m1/s1. The molecule has 3 saturated heterocycles. The molecular formula is C45H46F3N9O5S. The molecule has 0 aliphatic carbocycles. The Kier molecular flexibility index (Phi) is 11.2. The Morgan fingerprint density at radius 3 is 2.49 bits per heavy atom. The second-order valence-corrected chi connectivity index (χ2v) is 18.2. The number of allylic oxidation sites excluding steroid dienone is 1. The number of nitrogens with one attached hydrogen (secondary N) is 3. The highest BCUT2D eigenvalue weighted by atomic mass is 32.2. The van der Waals surface area contributed by atoms with Crippen LogP contribution < -0.4 is 19.8 Å². The number of alkyl halides is 1. The van der Waals surface area contributed by atoms with Crippen molar-refractivity contribution in [3.8, 4) is 11.1 Å². The van der Waals surface area contributed by atoms with Gasteiger partial charge in [-0.3, -0.25) is 24.0 Å². The third-order valence-electron chi connectivity index (χ3n) is 12.5. The number of benzene rings is 3. The van der Waals surface area contributed by atoms with E-state index in [1.54, 1.807) is 17.2 Å². The van der Waals surface area contributed by atoms with Crippen LogP contribution in [0.4, 0.5) is 30.2 Å². The Balaban J connectivity index is 0.806. The van der Waals surface area contributed by atoms with Crippen LogP contribution >= 0.6 is 0 Å². The number of rotatable bonds is 12. The zero-order chi connectivity index (χ0) is 44.2. The lowest BCUT2D eigenvalue weighted by Crippen LogP contribution is -2.49. The minimum absolute atomic E-state index is 0.00258. The van der Waals surface area contributed by atoms with Crippen LogP contribution in [0.15, 0.2) is 85.3 Å². The Hall–Kier alpha value is -6.24. The third-order valence-corrected chi connectivity index (χ3v) is 14.0. The van der Waals surface area contributed by atoms with E-state index in [0.29, 0.717) is 47.2 Å². The maximum atomic E-state index is 15.7. The first-order valence-corrected chi connectivity index (χ1v) is 22.3. The Bertz CT molecular complexity index is 2760. The predicted molar refractivity (Wildman–Crippen MR) is 233 cm³/mol. The van der Waals surface area contributed by atoms with Gasteiger partial charge in [-0.1, -0.05) is 18.7 Å². The maximum absolute atomic E-state index is 15.7. The molecule has 63 heavy (non-hydrogen) atoms. The molecule has 0 radical (unpaired) electrons. The molecule has 2 aromatic heterocycles. The van der Waals surface area contributed by atoms with E-state index in [1.807, 2.05) is 48.2 Å². The van der Waals surface area contributed by atoms with Gasteiger partial charge in [-0.15, -0.1) is 0 Å². The van der Waals surface area contributed by atoms with E-state index in [1.165, 1.54) is 6.20 Å². The van der Waals surface area contributed by atoms with Crippen molar-refractivity contribution in [3.63, 3.8) is 0 Å². The van der Waals surface area contributed by atoms with Crippen LogP contribution in [-0.2, 0) is 21.5 Å². The number of piperidine rings is 1. The third kappa shape index (κ3) is 8.25. The van der Waals surface area contributed by atoms with Crippen LogP contribution in [0.2, 0.25) is 0 Å². The number of hydrogen-bond acceptors (Lipinski definition) is 9. The fourth-order valence-electron chi connectivity index (χ4n) is 8.83. The Morgan fingerprint density at radius 2 is 1.76 bits per heavy atom. The highest BCUT2D eigenvalue weighted by molar-refractivity contribution is 7.90. The summed E-state index contributed by atoms with van der Waals surface area (Å²) >= 11 is 0. The zero-order valence-corrected chi connectivity index (χ0v) is 35.4. The van der Waals surface area contributed by atoms with Crippen LogP contribution in [0.1, 0.15) is 51.1 Å². The lowest BCUT2D eigenvalue weighted by atomic mass is 9.99. The van der Waals surface area contributed by atoms with Crippen molar-refractivity contribution in [2.45, 2.75) is 38.0 Å². The number of hydrogen-bond donors (Lipinski definition) is 3. The molecule has 328 valence electrons. The van der Waals surface area contributed by atoms with Gasteiger partial charge in [0, 0.05) is 117 Å². The van der Waals surface area contributed by atoms with Gasteiger partial charge in [-0.25, -0.2) is 18.2 Å². The summed E-state index contributed by atoms with van der Waals surface area (Å²) in [6.45, 7) is 8.87. The summed E-state index contributed by atoms with van der Waals surface area (Å²) in [6, 6.07) is 16.7. The molecule has 9 rings (SSSR count). The summed E-state index contributed by atoms with van der Waals surface area (Å²) in [6.07, 6.45) is 2.83. The molecule has 18 heteroatoms. The highest BCUT2D eigenvalue weighted by Gasteiger charge is 2.39. The average Bonchev–Trinajstić information content (AvgIpc) is 4.00. The summed E-state index contributed by atoms with van der Waals surface area (Å²) < 4.78 is 73.0. The molecule has 14 nitrogen and oxygen atoms in total. The van der Waals surface area contributed by atoms with Gasteiger partial charge in [0.05, 0.1) is 11.3 Å². The number of amides is 2.